The minimum Gasteiger partial charge on any atom is -0.344 e. The van der Waals surface area contributed by atoms with Crippen molar-refractivity contribution < 1.29 is 4.79 Å². The van der Waals surface area contributed by atoms with Crippen LogP contribution in [-0.4, -0.2) is 24.7 Å². The summed E-state index contributed by atoms with van der Waals surface area (Å²) in [7, 11) is 0. The molecular weight excluding hydrogens is 268 g/mol. The van der Waals surface area contributed by atoms with Crippen LogP contribution in [0.25, 0.3) is 0 Å². The summed E-state index contributed by atoms with van der Waals surface area (Å²) in [5, 5.41) is 6.07. The first kappa shape index (κ1) is 16.6. The van der Waals surface area contributed by atoms with E-state index >= 15 is 0 Å². The van der Waals surface area contributed by atoms with Gasteiger partial charge in [-0.15, -0.1) is 18.2 Å². The second-order valence-electron chi connectivity index (χ2n) is 4.94. The molecule has 0 unspecified atom stereocenters. The van der Waals surface area contributed by atoms with Gasteiger partial charge in [-0.25, -0.2) is 0 Å². The fourth-order valence-corrected chi connectivity index (χ4v) is 2.41. The lowest BCUT2D eigenvalue weighted by Gasteiger charge is -2.08. The molecule has 0 saturated heterocycles. The Morgan fingerprint density at radius 3 is 2.95 bits per heavy atom. The number of hydrogen-bond acceptors (Lipinski definition) is 3. The van der Waals surface area contributed by atoms with Crippen molar-refractivity contribution in [1.29, 1.82) is 0 Å². The molecule has 0 aliphatic carbocycles. The molecule has 0 aromatic heterocycles. The standard InChI is InChI=1S/C16H22N2OS/c1-4-8-18-16(19)12-20-15-7-5-6-14(9-15)11-17-10-13(2)3/h1,5-7,9,13,17H,8,10-12H2,2-3H3,(H,18,19). The number of benzene rings is 1. The topological polar surface area (TPSA) is 41.1 Å². The maximum absolute atomic E-state index is 11.5. The van der Waals surface area contributed by atoms with Crippen LogP contribution < -0.4 is 10.6 Å². The van der Waals surface area contributed by atoms with Gasteiger partial charge in [-0.2, -0.15) is 0 Å². The molecule has 0 saturated carbocycles. The summed E-state index contributed by atoms with van der Waals surface area (Å²) in [6.45, 7) is 6.53. The number of nitrogens with one attached hydrogen (secondary N) is 2. The van der Waals surface area contributed by atoms with Gasteiger partial charge in [0.1, 0.15) is 0 Å². The van der Waals surface area contributed by atoms with Crippen LogP contribution in [0.3, 0.4) is 0 Å². The zero-order valence-corrected chi connectivity index (χ0v) is 12.9. The highest BCUT2D eigenvalue weighted by Crippen LogP contribution is 2.18. The van der Waals surface area contributed by atoms with Gasteiger partial charge < -0.3 is 10.6 Å². The molecule has 1 rings (SSSR count). The normalized spacial score (nSPS) is 10.3. The predicted octanol–water partition coefficient (Wildman–Crippen LogP) is 2.27. The van der Waals surface area contributed by atoms with Crippen molar-refractivity contribution in [3.8, 4) is 12.3 Å². The monoisotopic (exact) mass is 290 g/mol. The van der Waals surface area contributed by atoms with Crippen LogP contribution in [-0.2, 0) is 11.3 Å². The van der Waals surface area contributed by atoms with Gasteiger partial charge in [0.25, 0.3) is 0 Å². The Balaban J connectivity index is 2.39. The van der Waals surface area contributed by atoms with Crippen LogP contribution in [0, 0.1) is 18.3 Å². The molecule has 4 heteroatoms. The fourth-order valence-electron chi connectivity index (χ4n) is 1.60. The first-order chi connectivity index (χ1) is 9.61. The van der Waals surface area contributed by atoms with E-state index in [1.54, 1.807) is 0 Å². The van der Waals surface area contributed by atoms with E-state index in [2.05, 4.69) is 42.5 Å². The van der Waals surface area contributed by atoms with Gasteiger partial charge in [-0.3, -0.25) is 4.79 Å². The molecule has 0 fully saturated rings. The van der Waals surface area contributed by atoms with Crippen LogP contribution in [0.4, 0.5) is 0 Å². The summed E-state index contributed by atoms with van der Waals surface area (Å²) >= 11 is 1.52. The van der Waals surface area contributed by atoms with Crippen molar-refractivity contribution in [2.45, 2.75) is 25.3 Å². The molecule has 0 aliphatic rings. The van der Waals surface area contributed by atoms with E-state index in [0.29, 0.717) is 18.2 Å². The lowest BCUT2D eigenvalue weighted by Crippen LogP contribution is -2.25. The smallest absolute Gasteiger partial charge is 0.231 e. The lowest BCUT2D eigenvalue weighted by molar-refractivity contribution is -0.118. The number of hydrogen-bond donors (Lipinski definition) is 2. The van der Waals surface area contributed by atoms with Crippen molar-refractivity contribution in [3.05, 3.63) is 29.8 Å². The van der Waals surface area contributed by atoms with Crippen molar-refractivity contribution in [1.82, 2.24) is 10.6 Å². The summed E-state index contributed by atoms with van der Waals surface area (Å²) in [5.41, 5.74) is 1.24. The molecule has 108 valence electrons. The van der Waals surface area contributed by atoms with Crippen molar-refractivity contribution in [2.75, 3.05) is 18.8 Å². The van der Waals surface area contributed by atoms with E-state index in [-0.39, 0.29) is 5.91 Å². The third-order valence-electron chi connectivity index (χ3n) is 2.54. The highest BCUT2D eigenvalue weighted by atomic mass is 32.2. The van der Waals surface area contributed by atoms with E-state index in [1.807, 2.05) is 12.1 Å². The van der Waals surface area contributed by atoms with E-state index < -0.39 is 0 Å². The Morgan fingerprint density at radius 2 is 2.25 bits per heavy atom. The molecule has 0 heterocycles. The summed E-state index contributed by atoms with van der Waals surface area (Å²) in [4.78, 5) is 12.6. The van der Waals surface area contributed by atoms with Gasteiger partial charge in [-0.1, -0.05) is 31.9 Å². The average Bonchev–Trinajstić information content (AvgIpc) is 2.43. The molecule has 0 atom stereocenters. The first-order valence-corrected chi connectivity index (χ1v) is 7.73. The van der Waals surface area contributed by atoms with E-state index in [4.69, 9.17) is 6.42 Å². The average molecular weight is 290 g/mol. The molecule has 1 amide bonds. The minimum absolute atomic E-state index is 0.0312. The van der Waals surface area contributed by atoms with Gasteiger partial charge in [0, 0.05) is 11.4 Å². The van der Waals surface area contributed by atoms with Crippen molar-refractivity contribution in [3.63, 3.8) is 0 Å². The maximum Gasteiger partial charge on any atom is 0.231 e. The Hall–Kier alpha value is -1.44. The first-order valence-electron chi connectivity index (χ1n) is 6.74. The van der Waals surface area contributed by atoms with Crippen LogP contribution in [0.15, 0.2) is 29.2 Å². The number of thioether (sulfide) groups is 1. The molecule has 1 aromatic rings. The van der Waals surface area contributed by atoms with Gasteiger partial charge in [0.15, 0.2) is 0 Å². The van der Waals surface area contributed by atoms with E-state index in [9.17, 15) is 4.79 Å². The molecular formula is C16H22N2OS. The molecule has 20 heavy (non-hydrogen) atoms. The molecule has 3 nitrogen and oxygen atoms in total. The predicted molar refractivity (Wildman–Crippen MR) is 85.6 cm³/mol. The van der Waals surface area contributed by atoms with Gasteiger partial charge in [0.05, 0.1) is 12.3 Å². The van der Waals surface area contributed by atoms with Crippen LogP contribution >= 0.6 is 11.8 Å². The van der Waals surface area contributed by atoms with E-state index in [1.165, 1.54) is 17.3 Å². The molecule has 1 aromatic carbocycles. The second-order valence-corrected chi connectivity index (χ2v) is 5.99. The molecule has 0 bridgehead atoms. The van der Waals surface area contributed by atoms with Crippen molar-refractivity contribution >= 4 is 17.7 Å². The Morgan fingerprint density at radius 1 is 1.45 bits per heavy atom. The maximum atomic E-state index is 11.5. The summed E-state index contributed by atoms with van der Waals surface area (Å²) in [6, 6.07) is 8.25. The van der Waals surface area contributed by atoms with Crippen LogP contribution in [0.1, 0.15) is 19.4 Å². The molecule has 0 aliphatic heterocycles. The third kappa shape index (κ3) is 7.22. The highest BCUT2D eigenvalue weighted by molar-refractivity contribution is 8.00. The Kier molecular flexibility index (Phi) is 7.86. The summed E-state index contributed by atoms with van der Waals surface area (Å²) in [5.74, 6) is 3.40. The lowest BCUT2D eigenvalue weighted by atomic mass is 10.2. The number of carbonyl (C=O) groups excluding carboxylic acids is 1. The summed E-state index contributed by atoms with van der Waals surface area (Å²) < 4.78 is 0. The Bertz CT molecular complexity index is 466. The second kappa shape index (κ2) is 9.46. The third-order valence-corrected chi connectivity index (χ3v) is 3.53. The van der Waals surface area contributed by atoms with Gasteiger partial charge >= 0.3 is 0 Å². The quantitative estimate of drug-likeness (QED) is 0.570. The molecule has 0 radical (unpaired) electrons. The minimum atomic E-state index is -0.0312. The SMILES string of the molecule is C#CCNC(=O)CSc1cccc(CNCC(C)C)c1. The van der Waals surface area contributed by atoms with E-state index in [0.717, 1.165) is 18.0 Å². The summed E-state index contributed by atoms with van der Waals surface area (Å²) in [6.07, 6.45) is 5.09. The molecule has 2 N–H and O–H groups in total. The zero-order chi connectivity index (χ0) is 14.8. The number of carbonyl (C=O) groups is 1. The molecule has 0 spiro atoms. The van der Waals surface area contributed by atoms with Crippen LogP contribution in [0.5, 0.6) is 0 Å². The number of rotatable bonds is 8. The Labute approximate surface area is 125 Å². The van der Waals surface area contributed by atoms with Gasteiger partial charge in [-0.05, 0) is 30.2 Å². The highest BCUT2D eigenvalue weighted by Gasteiger charge is 2.02. The number of terminal acetylenes is 1. The van der Waals surface area contributed by atoms with Crippen molar-refractivity contribution in [2.24, 2.45) is 5.92 Å². The van der Waals surface area contributed by atoms with Crippen LogP contribution in [0.2, 0.25) is 0 Å². The zero-order valence-electron chi connectivity index (χ0n) is 12.1. The van der Waals surface area contributed by atoms with Gasteiger partial charge in [0.2, 0.25) is 5.91 Å². The number of amides is 1. The fraction of sp³-hybridized carbons (Fsp3) is 0.438. The largest absolute Gasteiger partial charge is 0.344 e.